The first-order chi connectivity index (χ1) is 13.5. The lowest BCUT2D eigenvalue weighted by Gasteiger charge is -2.08. The van der Waals surface area contributed by atoms with E-state index >= 15 is 0 Å². The number of carbonyl (C=O) groups is 3. The van der Waals surface area contributed by atoms with E-state index in [0.717, 1.165) is 6.08 Å². The van der Waals surface area contributed by atoms with Crippen molar-refractivity contribution in [2.24, 2.45) is 0 Å². The molecule has 0 aliphatic heterocycles. The van der Waals surface area contributed by atoms with Crippen molar-refractivity contribution in [3.8, 4) is 11.5 Å². The number of benzene rings is 2. The van der Waals surface area contributed by atoms with Crippen molar-refractivity contribution in [3.05, 3.63) is 72.3 Å². The molecule has 0 aromatic heterocycles. The van der Waals surface area contributed by atoms with Gasteiger partial charge in [0.25, 0.3) is 0 Å². The Bertz CT molecular complexity index is 823. The highest BCUT2D eigenvalue weighted by Gasteiger charge is 2.09. The number of carboxylic acids is 1. The average Bonchev–Trinajstić information content (AvgIpc) is 2.71. The van der Waals surface area contributed by atoms with Crippen LogP contribution in [-0.4, -0.2) is 31.1 Å². The van der Waals surface area contributed by atoms with Crippen molar-refractivity contribution in [2.75, 3.05) is 13.2 Å². The van der Waals surface area contributed by atoms with Crippen LogP contribution >= 0.6 is 0 Å². The van der Waals surface area contributed by atoms with E-state index in [-0.39, 0.29) is 11.3 Å². The average molecular weight is 383 g/mol. The molecule has 0 bridgehead atoms. The number of hydrogen-bond donors (Lipinski definition) is 0. The molecule has 7 nitrogen and oxygen atoms in total. The number of carbonyl (C=O) groups excluding carboxylic acids is 3. The summed E-state index contributed by atoms with van der Waals surface area (Å²) in [5.41, 5.74) is 0.327. The fourth-order valence-corrected chi connectivity index (χ4v) is 2.14. The van der Waals surface area contributed by atoms with Gasteiger partial charge in [0.2, 0.25) is 0 Å². The highest BCUT2D eigenvalue weighted by molar-refractivity contribution is 5.91. The van der Waals surface area contributed by atoms with Crippen LogP contribution < -0.4 is 14.6 Å². The second-order valence-corrected chi connectivity index (χ2v) is 5.65. The Morgan fingerprint density at radius 2 is 1.43 bits per heavy atom. The van der Waals surface area contributed by atoms with Crippen molar-refractivity contribution in [1.29, 1.82) is 0 Å². The molecule has 0 atom stereocenters. The van der Waals surface area contributed by atoms with Gasteiger partial charge in [-0.2, -0.15) is 0 Å². The Labute approximate surface area is 162 Å². The van der Waals surface area contributed by atoms with Gasteiger partial charge in [-0.3, -0.25) is 0 Å². The Morgan fingerprint density at radius 3 is 2.04 bits per heavy atom. The van der Waals surface area contributed by atoms with E-state index in [1.807, 2.05) is 0 Å². The molecule has 28 heavy (non-hydrogen) atoms. The number of unbranched alkanes of at least 4 members (excludes halogenated alkanes) is 1. The van der Waals surface area contributed by atoms with Crippen LogP contribution in [0.2, 0.25) is 0 Å². The third-order valence-electron chi connectivity index (χ3n) is 3.61. The normalized spacial score (nSPS) is 10.0. The second-order valence-electron chi connectivity index (χ2n) is 5.65. The predicted molar refractivity (Wildman–Crippen MR) is 98.1 cm³/mol. The molecule has 2 rings (SSSR count). The van der Waals surface area contributed by atoms with Crippen LogP contribution in [0.15, 0.2) is 61.2 Å². The van der Waals surface area contributed by atoms with Gasteiger partial charge in [-0.15, -0.1) is 0 Å². The van der Waals surface area contributed by atoms with Gasteiger partial charge in [-0.05, 0) is 66.9 Å². The van der Waals surface area contributed by atoms with Crippen LogP contribution in [-0.2, 0) is 9.53 Å². The van der Waals surface area contributed by atoms with E-state index in [4.69, 9.17) is 14.2 Å². The highest BCUT2D eigenvalue weighted by Crippen LogP contribution is 2.17. The monoisotopic (exact) mass is 383 g/mol. The summed E-state index contributed by atoms with van der Waals surface area (Å²) in [6.07, 6.45) is 2.49. The largest absolute Gasteiger partial charge is 0.545 e. The van der Waals surface area contributed by atoms with Crippen LogP contribution in [0, 0.1) is 0 Å². The molecule has 0 aliphatic carbocycles. The summed E-state index contributed by atoms with van der Waals surface area (Å²) in [4.78, 5) is 33.7. The molecule has 2 aromatic carbocycles. The lowest BCUT2D eigenvalue weighted by atomic mass is 10.2. The molecule has 2 aromatic rings. The standard InChI is InChI=1S/C21H20O7/c1-2-19(22)27-14-4-3-13-26-17-9-7-16(8-10-17)21(25)28-18-11-5-15(6-12-18)20(23)24/h2,5-12H,1,3-4,13-14H2,(H,23,24)/p-1. The van der Waals surface area contributed by atoms with Crippen molar-refractivity contribution >= 4 is 17.9 Å². The second kappa shape index (κ2) is 10.5. The Kier molecular flexibility index (Phi) is 7.77. The molecular formula is C21H19O7-. The molecule has 0 amide bonds. The smallest absolute Gasteiger partial charge is 0.343 e. The van der Waals surface area contributed by atoms with Gasteiger partial charge in [0, 0.05) is 6.08 Å². The Morgan fingerprint density at radius 1 is 0.857 bits per heavy atom. The minimum absolute atomic E-state index is 0.000155. The maximum absolute atomic E-state index is 12.1. The molecule has 0 saturated heterocycles. The number of rotatable bonds is 10. The van der Waals surface area contributed by atoms with Crippen molar-refractivity contribution in [3.63, 3.8) is 0 Å². The highest BCUT2D eigenvalue weighted by atomic mass is 16.5. The van der Waals surface area contributed by atoms with Crippen molar-refractivity contribution < 1.29 is 33.7 Å². The summed E-state index contributed by atoms with van der Waals surface area (Å²) in [7, 11) is 0. The lowest BCUT2D eigenvalue weighted by Crippen LogP contribution is -2.22. The first kappa shape index (κ1) is 20.7. The molecule has 0 N–H and O–H groups in total. The molecular weight excluding hydrogens is 364 g/mol. The van der Waals surface area contributed by atoms with Gasteiger partial charge >= 0.3 is 11.9 Å². The van der Waals surface area contributed by atoms with Gasteiger partial charge in [0.1, 0.15) is 11.5 Å². The van der Waals surface area contributed by atoms with Crippen LogP contribution in [0.25, 0.3) is 0 Å². The molecule has 0 heterocycles. The quantitative estimate of drug-likeness (QED) is 0.268. The maximum Gasteiger partial charge on any atom is 0.343 e. The first-order valence-corrected chi connectivity index (χ1v) is 8.55. The fraction of sp³-hybridized carbons (Fsp3) is 0.190. The first-order valence-electron chi connectivity index (χ1n) is 8.55. The van der Waals surface area contributed by atoms with E-state index < -0.39 is 17.9 Å². The van der Waals surface area contributed by atoms with Crippen LogP contribution in [0.1, 0.15) is 33.6 Å². The van der Waals surface area contributed by atoms with Crippen molar-refractivity contribution in [1.82, 2.24) is 0 Å². The molecule has 0 fully saturated rings. The topological polar surface area (TPSA) is 102 Å². The Hall–Kier alpha value is -3.61. The summed E-state index contributed by atoms with van der Waals surface area (Å²) >= 11 is 0. The molecule has 0 unspecified atom stereocenters. The van der Waals surface area contributed by atoms with E-state index in [9.17, 15) is 19.5 Å². The number of hydrogen-bond acceptors (Lipinski definition) is 7. The van der Waals surface area contributed by atoms with Gasteiger partial charge < -0.3 is 24.1 Å². The van der Waals surface area contributed by atoms with E-state index in [1.165, 1.54) is 24.3 Å². The third-order valence-corrected chi connectivity index (χ3v) is 3.61. The molecule has 0 radical (unpaired) electrons. The lowest BCUT2D eigenvalue weighted by molar-refractivity contribution is -0.255. The van der Waals surface area contributed by atoms with E-state index in [2.05, 4.69) is 6.58 Å². The summed E-state index contributed by atoms with van der Waals surface area (Å²) in [5.74, 6) is -1.49. The number of aromatic carboxylic acids is 1. The van der Waals surface area contributed by atoms with Crippen LogP contribution in [0.5, 0.6) is 11.5 Å². The fourth-order valence-electron chi connectivity index (χ4n) is 2.14. The summed E-state index contributed by atoms with van der Waals surface area (Å²) < 4.78 is 15.6. The zero-order valence-electron chi connectivity index (χ0n) is 15.1. The number of esters is 2. The van der Waals surface area contributed by atoms with E-state index in [0.29, 0.717) is 37.4 Å². The minimum Gasteiger partial charge on any atom is -0.545 e. The minimum atomic E-state index is -1.30. The molecule has 0 aliphatic rings. The molecule has 146 valence electrons. The summed E-state index contributed by atoms with van der Waals surface area (Å²) in [5, 5.41) is 10.7. The van der Waals surface area contributed by atoms with Crippen LogP contribution in [0.4, 0.5) is 0 Å². The maximum atomic E-state index is 12.1. The Balaban J connectivity index is 1.76. The zero-order valence-corrected chi connectivity index (χ0v) is 15.1. The van der Waals surface area contributed by atoms with Crippen molar-refractivity contribution in [2.45, 2.75) is 12.8 Å². The van der Waals surface area contributed by atoms with E-state index in [1.54, 1.807) is 24.3 Å². The van der Waals surface area contributed by atoms with Crippen LogP contribution in [0.3, 0.4) is 0 Å². The third kappa shape index (κ3) is 6.60. The predicted octanol–water partition coefficient (Wildman–Crippen LogP) is 2.16. The number of carboxylic acid groups (broad SMARTS) is 1. The van der Waals surface area contributed by atoms with Gasteiger partial charge in [0.05, 0.1) is 24.7 Å². The van der Waals surface area contributed by atoms with Gasteiger partial charge in [-0.25, -0.2) is 9.59 Å². The zero-order chi connectivity index (χ0) is 20.4. The molecule has 7 heteroatoms. The molecule has 0 spiro atoms. The summed E-state index contributed by atoms with van der Waals surface area (Å²) in [6, 6.07) is 11.8. The molecule has 0 saturated carbocycles. The SMILES string of the molecule is C=CC(=O)OCCCCOc1ccc(C(=O)Oc2ccc(C(=O)[O-])cc2)cc1. The number of ether oxygens (including phenoxy) is 3. The summed E-state index contributed by atoms with van der Waals surface area (Å²) in [6.45, 7) is 4.07. The van der Waals surface area contributed by atoms with Gasteiger partial charge in [0.15, 0.2) is 0 Å². The van der Waals surface area contributed by atoms with Gasteiger partial charge in [-0.1, -0.05) is 6.58 Å².